The van der Waals surface area contributed by atoms with Gasteiger partial charge < -0.3 is 10.6 Å². The molecule has 0 spiro atoms. The Balaban J connectivity index is 1.61. The minimum atomic E-state index is 0.504. The lowest BCUT2D eigenvalue weighted by Crippen LogP contribution is -2.09. The molecule has 5 nitrogen and oxygen atoms in total. The van der Waals surface area contributed by atoms with Crippen molar-refractivity contribution in [1.29, 1.82) is 0 Å². The number of benzene rings is 2. The third kappa shape index (κ3) is 4.90. The zero-order valence-corrected chi connectivity index (χ0v) is 15.0. The summed E-state index contributed by atoms with van der Waals surface area (Å²) in [6, 6.07) is 14.1. The van der Waals surface area contributed by atoms with Crippen molar-refractivity contribution in [2.45, 2.75) is 20.3 Å². The van der Waals surface area contributed by atoms with E-state index < -0.39 is 0 Å². The van der Waals surface area contributed by atoms with Crippen molar-refractivity contribution >= 4 is 29.1 Å². The maximum Gasteiger partial charge on any atom is 0.244 e. The van der Waals surface area contributed by atoms with Crippen molar-refractivity contribution in [2.24, 2.45) is 0 Å². The molecule has 0 fully saturated rings. The third-order valence-electron chi connectivity index (χ3n) is 3.82. The quantitative estimate of drug-likeness (QED) is 0.681. The Bertz CT molecular complexity index is 849. The monoisotopic (exact) mass is 353 g/mol. The largest absolute Gasteiger partial charge is 0.353 e. The first-order valence-corrected chi connectivity index (χ1v) is 8.50. The van der Waals surface area contributed by atoms with Gasteiger partial charge in [0.2, 0.25) is 5.95 Å². The summed E-state index contributed by atoms with van der Waals surface area (Å²) >= 11 is 5.90. The number of rotatable bonds is 6. The van der Waals surface area contributed by atoms with E-state index in [1.165, 1.54) is 11.1 Å². The van der Waals surface area contributed by atoms with Crippen LogP contribution in [0.5, 0.6) is 0 Å². The van der Waals surface area contributed by atoms with Crippen LogP contribution in [-0.2, 0) is 6.42 Å². The molecule has 0 aliphatic rings. The molecule has 0 unspecified atom stereocenters. The first kappa shape index (κ1) is 17.2. The summed E-state index contributed by atoms with van der Waals surface area (Å²) in [5.74, 6) is 1.17. The number of aryl methyl sites for hydroxylation is 2. The maximum atomic E-state index is 5.90. The highest BCUT2D eigenvalue weighted by Gasteiger charge is 2.04. The van der Waals surface area contributed by atoms with Gasteiger partial charge in [-0.05, 0) is 55.2 Å². The van der Waals surface area contributed by atoms with E-state index in [4.69, 9.17) is 11.6 Å². The summed E-state index contributed by atoms with van der Waals surface area (Å²) in [7, 11) is 0. The van der Waals surface area contributed by atoms with Gasteiger partial charge in [0.15, 0.2) is 5.82 Å². The minimum Gasteiger partial charge on any atom is -0.353 e. The molecule has 3 aromatic rings. The van der Waals surface area contributed by atoms with Gasteiger partial charge in [-0.3, -0.25) is 0 Å². The Morgan fingerprint density at radius 3 is 2.64 bits per heavy atom. The highest BCUT2D eigenvalue weighted by Crippen LogP contribution is 2.20. The molecular formula is C19H20ClN5. The van der Waals surface area contributed by atoms with Gasteiger partial charge in [0.1, 0.15) is 0 Å². The van der Waals surface area contributed by atoms with E-state index in [2.05, 4.69) is 57.9 Å². The SMILES string of the molecule is Cc1ccc(C)c(Nc2cnnc(NCCc3ccc(Cl)cc3)n2)c1. The smallest absolute Gasteiger partial charge is 0.244 e. The fraction of sp³-hybridized carbons (Fsp3) is 0.211. The van der Waals surface area contributed by atoms with Crippen molar-refractivity contribution in [2.75, 3.05) is 17.2 Å². The normalized spacial score (nSPS) is 10.5. The lowest BCUT2D eigenvalue weighted by atomic mass is 10.1. The van der Waals surface area contributed by atoms with Crippen molar-refractivity contribution in [3.05, 3.63) is 70.4 Å². The molecule has 0 atom stereocenters. The fourth-order valence-corrected chi connectivity index (χ4v) is 2.54. The van der Waals surface area contributed by atoms with Crippen LogP contribution in [0.1, 0.15) is 16.7 Å². The Morgan fingerprint density at radius 2 is 1.84 bits per heavy atom. The number of hydrogen-bond acceptors (Lipinski definition) is 5. The standard InChI is InChI=1S/C19H20ClN5/c1-13-3-4-14(2)17(11-13)23-18-12-22-25-19(24-18)21-10-9-15-5-7-16(20)8-6-15/h3-8,11-12H,9-10H2,1-2H3,(H2,21,23,24,25). The summed E-state index contributed by atoms with van der Waals surface area (Å²) in [6.07, 6.45) is 2.47. The second kappa shape index (κ2) is 7.94. The maximum absolute atomic E-state index is 5.90. The van der Waals surface area contributed by atoms with Gasteiger partial charge in [0, 0.05) is 17.3 Å². The van der Waals surface area contributed by atoms with E-state index in [1.54, 1.807) is 6.20 Å². The van der Waals surface area contributed by atoms with Gasteiger partial charge in [-0.15, -0.1) is 5.10 Å². The summed E-state index contributed by atoms with van der Waals surface area (Å²) in [6.45, 7) is 4.84. The molecule has 0 amide bonds. The molecule has 128 valence electrons. The number of hydrogen-bond donors (Lipinski definition) is 2. The molecule has 0 saturated heterocycles. The van der Waals surface area contributed by atoms with Crippen LogP contribution < -0.4 is 10.6 Å². The molecule has 2 N–H and O–H groups in total. The van der Waals surface area contributed by atoms with Crippen molar-refractivity contribution < 1.29 is 0 Å². The third-order valence-corrected chi connectivity index (χ3v) is 4.08. The number of nitrogens with zero attached hydrogens (tertiary/aromatic N) is 3. The summed E-state index contributed by atoms with van der Waals surface area (Å²) in [5, 5.41) is 15.3. The first-order valence-electron chi connectivity index (χ1n) is 8.12. The molecule has 0 saturated carbocycles. The molecule has 0 aliphatic heterocycles. The molecule has 0 bridgehead atoms. The van der Waals surface area contributed by atoms with Crippen LogP contribution in [0.4, 0.5) is 17.5 Å². The molecule has 25 heavy (non-hydrogen) atoms. The average Bonchev–Trinajstić information content (AvgIpc) is 2.60. The van der Waals surface area contributed by atoms with Crippen molar-refractivity contribution in [3.8, 4) is 0 Å². The molecule has 1 heterocycles. The van der Waals surface area contributed by atoms with Crippen LogP contribution >= 0.6 is 11.6 Å². The second-order valence-electron chi connectivity index (χ2n) is 5.91. The minimum absolute atomic E-state index is 0.504. The van der Waals surface area contributed by atoms with Crippen molar-refractivity contribution in [3.63, 3.8) is 0 Å². The highest BCUT2D eigenvalue weighted by atomic mass is 35.5. The molecule has 1 aromatic heterocycles. The average molecular weight is 354 g/mol. The zero-order valence-electron chi connectivity index (χ0n) is 14.3. The van der Waals surface area contributed by atoms with Gasteiger partial charge in [-0.1, -0.05) is 35.9 Å². The van der Waals surface area contributed by atoms with Crippen LogP contribution in [0.2, 0.25) is 5.02 Å². The van der Waals surface area contributed by atoms with E-state index >= 15 is 0 Å². The molecule has 0 radical (unpaired) electrons. The summed E-state index contributed by atoms with van der Waals surface area (Å²) in [4.78, 5) is 4.47. The van der Waals surface area contributed by atoms with Crippen LogP contribution in [0.25, 0.3) is 0 Å². The predicted molar refractivity (Wildman–Crippen MR) is 103 cm³/mol. The Morgan fingerprint density at radius 1 is 1.04 bits per heavy atom. The number of aromatic nitrogens is 3. The van der Waals surface area contributed by atoms with E-state index in [9.17, 15) is 0 Å². The summed E-state index contributed by atoms with van der Waals surface area (Å²) in [5.41, 5.74) is 4.57. The van der Waals surface area contributed by atoms with Crippen LogP contribution in [0.3, 0.4) is 0 Å². The number of nitrogens with one attached hydrogen (secondary N) is 2. The highest BCUT2D eigenvalue weighted by molar-refractivity contribution is 6.30. The van der Waals surface area contributed by atoms with Gasteiger partial charge >= 0.3 is 0 Å². The lowest BCUT2D eigenvalue weighted by Gasteiger charge is -2.10. The Hall–Kier alpha value is -2.66. The second-order valence-corrected chi connectivity index (χ2v) is 6.35. The molecule has 6 heteroatoms. The van der Waals surface area contributed by atoms with Gasteiger partial charge in [-0.25, -0.2) is 0 Å². The lowest BCUT2D eigenvalue weighted by molar-refractivity contribution is 0.929. The summed E-state index contributed by atoms with van der Waals surface area (Å²) < 4.78 is 0. The van der Waals surface area contributed by atoms with E-state index in [-0.39, 0.29) is 0 Å². The molecular weight excluding hydrogens is 334 g/mol. The van der Waals surface area contributed by atoms with E-state index in [0.717, 1.165) is 29.2 Å². The fourth-order valence-electron chi connectivity index (χ4n) is 2.42. The molecule has 3 rings (SSSR count). The van der Waals surface area contributed by atoms with Crippen LogP contribution in [-0.4, -0.2) is 21.7 Å². The number of halogens is 1. The first-order chi connectivity index (χ1) is 12.1. The van der Waals surface area contributed by atoms with Gasteiger partial charge in [-0.2, -0.15) is 10.1 Å². The predicted octanol–water partition coefficient (Wildman–Crippen LogP) is 4.54. The molecule has 0 aliphatic carbocycles. The Kier molecular flexibility index (Phi) is 5.46. The van der Waals surface area contributed by atoms with Crippen molar-refractivity contribution in [1.82, 2.24) is 15.2 Å². The van der Waals surface area contributed by atoms with Gasteiger partial charge in [0.05, 0.1) is 6.20 Å². The topological polar surface area (TPSA) is 62.7 Å². The van der Waals surface area contributed by atoms with Crippen LogP contribution in [0, 0.1) is 13.8 Å². The zero-order chi connectivity index (χ0) is 17.6. The Labute approximate surface area is 152 Å². The van der Waals surface area contributed by atoms with Crippen LogP contribution in [0.15, 0.2) is 48.7 Å². The molecule has 2 aromatic carbocycles. The van der Waals surface area contributed by atoms with Gasteiger partial charge in [0.25, 0.3) is 0 Å². The van der Waals surface area contributed by atoms with E-state index in [0.29, 0.717) is 11.8 Å². The van der Waals surface area contributed by atoms with E-state index in [1.807, 2.05) is 24.3 Å². The number of anilines is 3.